The molecule has 2 rings (SSSR count). The van der Waals surface area contributed by atoms with Crippen molar-refractivity contribution in [1.82, 2.24) is 0 Å². The molecular weight excluding hydrogens is 261 g/mol. The average Bonchev–Trinajstić information content (AvgIpc) is 2.46. The van der Waals surface area contributed by atoms with E-state index in [2.05, 4.69) is 6.07 Å². The molecule has 0 aliphatic carbocycles. The van der Waals surface area contributed by atoms with E-state index in [9.17, 15) is 8.60 Å². The topological polar surface area (TPSA) is 40.9 Å². The highest BCUT2D eigenvalue weighted by Crippen LogP contribution is 2.28. The van der Waals surface area contributed by atoms with E-state index >= 15 is 0 Å². The first kappa shape index (κ1) is 13.4. The molecule has 4 heteroatoms. The number of hydrogen-bond donors (Lipinski definition) is 0. The molecule has 2 aromatic carbocycles. The molecule has 2 atom stereocenters. The Labute approximate surface area is 114 Å². The minimum atomic E-state index is -1.37. The average molecular weight is 273 g/mol. The number of benzene rings is 2. The highest BCUT2D eigenvalue weighted by Gasteiger charge is 2.20. The predicted molar refractivity (Wildman–Crippen MR) is 72.2 cm³/mol. The van der Waals surface area contributed by atoms with Gasteiger partial charge in [0.1, 0.15) is 5.82 Å². The minimum absolute atomic E-state index is 0.161. The van der Waals surface area contributed by atoms with E-state index in [0.29, 0.717) is 4.90 Å². The largest absolute Gasteiger partial charge is 0.254 e. The number of nitriles is 1. The zero-order chi connectivity index (χ0) is 13.7. The first-order valence-corrected chi connectivity index (χ1v) is 7.01. The van der Waals surface area contributed by atoms with Crippen molar-refractivity contribution >= 4 is 10.8 Å². The van der Waals surface area contributed by atoms with E-state index in [1.807, 2.05) is 30.3 Å². The van der Waals surface area contributed by atoms with Crippen molar-refractivity contribution in [3.8, 4) is 6.07 Å². The van der Waals surface area contributed by atoms with Gasteiger partial charge >= 0.3 is 0 Å². The van der Waals surface area contributed by atoms with Crippen molar-refractivity contribution in [2.45, 2.75) is 16.6 Å². The summed E-state index contributed by atoms with van der Waals surface area (Å²) in [5.41, 5.74) is 0.853. The van der Waals surface area contributed by atoms with Crippen molar-refractivity contribution in [2.75, 3.05) is 0 Å². The monoisotopic (exact) mass is 273 g/mol. The van der Waals surface area contributed by atoms with Gasteiger partial charge in [0.2, 0.25) is 0 Å². The van der Waals surface area contributed by atoms with Crippen LogP contribution < -0.4 is 0 Å². The Balaban J connectivity index is 2.32. The third-order valence-corrected chi connectivity index (χ3v) is 4.44. The molecular formula is C15H12FNOS. The van der Waals surface area contributed by atoms with Crippen LogP contribution in [0.15, 0.2) is 59.5 Å². The normalized spacial score (nSPS) is 13.5. The van der Waals surface area contributed by atoms with Crippen molar-refractivity contribution in [2.24, 2.45) is 0 Å². The summed E-state index contributed by atoms with van der Waals surface area (Å²) in [4.78, 5) is 0.533. The molecule has 0 aliphatic heterocycles. The quantitative estimate of drug-likeness (QED) is 0.854. The highest BCUT2D eigenvalue weighted by atomic mass is 32.2. The second-order valence-electron chi connectivity index (χ2n) is 4.01. The van der Waals surface area contributed by atoms with Gasteiger partial charge in [-0.2, -0.15) is 5.26 Å². The smallest absolute Gasteiger partial charge is 0.123 e. The summed E-state index contributed by atoms with van der Waals surface area (Å²) in [6.45, 7) is 0. The molecule has 0 N–H and O–H groups in total. The Hall–Kier alpha value is -1.99. The molecule has 96 valence electrons. The maximum Gasteiger partial charge on any atom is 0.123 e. The second kappa shape index (κ2) is 6.26. The van der Waals surface area contributed by atoms with E-state index in [1.165, 1.54) is 24.3 Å². The van der Waals surface area contributed by atoms with Gasteiger partial charge in [-0.05, 0) is 29.8 Å². The van der Waals surface area contributed by atoms with Crippen LogP contribution in [0.1, 0.15) is 17.2 Å². The lowest BCUT2D eigenvalue weighted by Crippen LogP contribution is -2.06. The van der Waals surface area contributed by atoms with Crippen LogP contribution in [0, 0.1) is 17.1 Å². The number of halogens is 1. The van der Waals surface area contributed by atoms with Crippen LogP contribution >= 0.6 is 0 Å². The number of nitrogens with zero attached hydrogens (tertiary/aromatic N) is 1. The van der Waals surface area contributed by atoms with Crippen LogP contribution in [0.2, 0.25) is 0 Å². The summed E-state index contributed by atoms with van der Waals surface area (Å²) in [5.74, 6) is -0.364. The first-order chi connectivity index (χ1) is 9.22. The van der Waals surface area contributed by atoms with Crippen LogP contribution in [0.5, 0.6) is 0 Å². The van der Waals surface area contributed by atoms with Crippen LogP contribution in [0.25, 0.3) is 0 Å². The maximum absolute atomic E-state index is 12.9. The Morgan fingerprint density at radius 2 is 1.74 bits per heavy atom. The van der Waals surface area contributed by atoms with Gasteiger partial charge in [-0.25, -0.2) is 4.39 Å². The molecule has 0 aromatic heterocycles. The third-order valence-electron chi connectivity index (χ3n) is 2.75. The van der Waals surface area contributed by atoms with Gasteiger partial charge in [0.25, 0.3) is 0 Å². The van der Waals surface area contributed by atoms with Gasteiger partial charge in [0.15, 0.2) is 0 Å². The molecule has 0 aliphatic rings. The zero-order valence-corrected chi connectivity index (χ0v) is 10.9. The molecule has 0 spiro atoms. The van der Waals surface area contributed by atoms with Gasteiger partial charge in [-0.1, -0.05) is 30.3 Å². The lowest BCUT2D eigenvalue weighted by Gasteiger charge is -2.14. The summed E-state index contributed by atoms with van der Waals surface area (Å²) in [7, 11) is -1.37. The van der Waals surface area contributed by atoms with Gasteiger partial charge in [-0.3, -0.25) is 4.21 Å². The summed E-state index contributed by atoms with van der Waals surface area (Å²) < 4.78 is 25.4. The van der Waals surface area contributed by atoms with E-state index in [1.54, 1.807) is 0 Å². The summed E-state index contributed by atoms with van der Waals surface area (Å²) in [6, 6.07) is 16.9. The van der Waals surface area contributed by atoms with Crippen LogP contribution in [0.4, 0.5) is 4.39 Å². The lowest BCUT2D eigenvalue weighted by molar-refractivity contribution is 0.626. The molecule has 0 heterocycles. The second-order valence-corrected chi connectivity index (χ2v) is 5.65. The molecule has 0 amide bonds. The molecule has 2 unspecified atom stereocenters. The van der Waals surface area contributed by atoms with Gasteiger partial charge in [-0.15, -0.1) is 0 Å². The van der Waals surface area contributed by atoms with E-state index in [0.717, 1.165) is 5.56 Å². The van der Waals surface area contributed by atoms with Crippen molar-refractivity contribution in [1.29, 1.82) is 5.26 Å². The third kappa shape index (κ3) is 3.27. The summed E-state index contributed by atoms with van der Waals surface area (Å²) >= 11 is 0. The molecule has 0 fully saturated rings. The maximum atomic E-state index is 12.9. The van der Waals surface area contributed by atoms with E-state index in [4.69, 9.17) is 5.26 Å². The van der Waals surface area contributed by atoms with Gasteiger partial charge in [0, 0.05) is 4.90 Å². The van der Waals surface area contributed by atoms with Crippen molar-refractivity contribution < 1.29 is 8.60 Å². The molecule has 2 nitrogen and oxygen atoms in total. The summed E-state index contributed by atoms with van der Waals surface area (Å²) in [6.07, 6.45) is 0.161. The Morgan fingerprint density at radius 3 is 2.32 bits per heavy atom. The highest BCUT2D eigenvalue weighted by molar-refractivity contribution is 7.85. The SMILES string of the molecule is N#CCC(c1ccccc1)S(=O)c1ccc(F)cc1. The standard InChI is InChI=1S/C15H12FNOS/c16-13-6-8-14(9-7-13)19(18)15(10-11-17)12-4-2-1-3-5-12/h1-9,15H,10H2. The van der Waals surface area contributed by atoms with E-state index < -0.39 is 16.0 Å². The molecule has 0 bridgehead atoms. The Morgan fingerprint density at radius 1 is 1.11 bits per heavy atom. The fourth-order valence-electron chi connectivity index (χ4n) is 1.80. The molecule has 2 aromatic rings. The van der Waals surface area contributed by atoms with E-state index in [-0.39, 0.29) is 12.2 Å². The van der Waals surface area contributed by atoms with Crippen LogP contribution in [-0.4, -0.2) is 4.21 Å². The Kier molecular flexibility index (Phi) is 4.43. The summed E-state index contributed by atoms with van der Waals surface area (Å²) in [5, 5.41) is 8.50. The number of hydrogen-bond acceptors (Lipinski definition) is 2. The van der Waals surface area contributed by atoms with Crippen molar-refractivity contribution in [3.05, 3.63) is 66.0 Å². The Bertz CT molecular complexity index is 604. The fourth-order valence-corrected chi connectivity index (χ4v) is 3.16. The zero-order valence-electron chi connectivity index (χ0n) is 10.1. The lowest BCUT2D eigenvalue weighted by atomic mass is 10.1. The molecule has 0 saturated carbocycles. The fraction of sp³-hybridized carbons (Fsp3) is 0.133. The van der Waals surface area contributed by atoms with Gasteiger partial charge in [0.05, 0.1) is 28.5 Å². The van der Waals surface area contributed by atoms with Gasteiger partial charge < -0.3 is 0 Å². The van der Waals surface area contributed by atoms with Crippen LogP contribution in [-0.2, 0) is 10.8 Å². The molecule has 0 saturated heterocycles. The van der Waals surface area contributed by atoms with Crippen molar-refractivity contribution in [3.63, 3.8) is 0 Å². The number of rotatable bonds is 4. The first-order valence-electron chi connectivity index (χ1n) is 5.80. The van der Waals surface area contributed by atoms with Crippen LogP contribution in [0.3, 0.4) is 0 Å². The minimum Gasteiger partial charge on any atom is -0.254 e. The predicted octanol–water partition coefficient (Wildman–Crippen LogP) is 3.59. The molecule has 19 heavy (non-hydrogen) atoms. The molecule has 0 radical (unpaired) electrons.